The Hall–Kier alpha value is -0.580. The number of likely N-dealkylation sites (N-methyl/N-ethyl adjacent to an activating group) is 2. The van der Waals surface area contributed by atoms with Gasteiger partial charge in [0.25, 0.3) is 0 Å². The molecule has 0 radical (unpaired) electrons. The lowest BCUT2D eigenvalue weighted by atomic mass is 10.1. The fraction of sp³-hybridized carbons (Fsp3) is 0.571. The predicted octanol–water partition coefficient (Wildman–Crippen LogP) is 2.56. The summed E-state index contributed by atoms with van der Waals surface area (Å²) >= 11 is 3.49. The van der Waals surface area contributed by atoms with Crippen LogP contribution in [0.25, 0.3) is 0 Å². The van der Waals surface area contributed by atoms with Gasteiger partial charge in [0.2, 0.25) is 0 Å². The summed E-state index contributed by atoms with van der Waals surface area (Å²) in [6.07, 6.45) is 2.65. The second-order valence-electron chi connectivity index (χ2n) is 5.37. The summed E-state index contributed by atoms with van der Waals surface area (Å²) in [6.45, 7) is 3.32. The van der Waals surface area contributed by atoms with E-state index in [0.29, 0.717) is 6.04 Å². The highest BCUT2D eigenvalue weighted by atomic mass is 79.9. The Kier molecular flexibility index (Phi) is 4.65. The molecule has 0 bridgehead atoms. The van der Waals surface area contributed by atoms with Gasteiger partial charge in [-0.3, -0.25) is 0 Å². The number of halogens is 1. The number of nitrogens with two attached hydrogens (primary N) is 1. The lowest BCUT2D eigenvalue weighted by Gasteiger charge is -2.25. The summed E-state index contributed by atoms with van der Waals surface area (Å²) in [5.74, 6) is 0. The molecule has 18 heavy (non-hydrogen) atoms. The van der Waals surface area contributed by atoms with Crippen molar-refractivity contribution in [1.82, 2.24) is 9.80 Å². The van der Waals surface area contributed by atoms with Crippen LogP contribution in [-0.2, 0) is 6.54 Å². The topological polar surface area (TPSA) is 32.5 Å². The number of benzene rings is 1. The molecule has 2 N–H and O–H groups in total. The summed E-state index contributed by atoms with van der Waals surface area (Å²) in [5, 5.41) is 0. The van der Waals surface area contributed by atoms with Gasteiger partial charge < -0.3 is 15.5 Å². The van der Waals surface area contributed by atoms with Gasteiger partial charge in [0.1, 0.15) is 0 Å². The lowest BCUT2D eigenvalue weighted by Crippen LogP contribution is -2.36. The molecule has 1 aromatic carbocycles. The molecule has 0 saturated carbocycles. The maximum absolute atomic E-state index is 5.86. The van der Waals surface area contributed by atoms with Crippen molar-refractivity contribution >= 4 is 21.6 Å². The smallest absolute Gasteiger partial charge is 0.0328 e. The molecule has 4 heteroatoms. The highest BCUT2D eigenvalue weighted by Crippen LogP contribution is 2.20. The Morgan fingerprint density at radius 2 is 2.22 bits per heavy atom. The molecule has 1 aliphatic rings. The van der Waals surface area contributed by atoms with Crippen LogP contribution in [0.15, 0.2) is 22.7 Å². The third-order valence-electron chi connectivity index (χ3n) is 3.63. The molecule has 0 spiro atoms. The highest BCUT2D eigenvalue weighted by molar-refractivity contribution is 9.10. The van der Waals surface area contributed by atoms with E-state index in [1.807, 2.05) is 6.07 Å². The Morgan fingerprint density at radius 3 is 2.83 bits per heavy atom. The second kappa shape index (κ2) is 6.04. The number of likely N-dealkylation sites (tertiary alicyclic amines) is 1. The summed E-state index contributed by atoms with van der Waals surface area (Å²) < 4.78 is 1.06. The lowest BCUT2D eigenvalue weighted by molar-refractivity contribution is 0.215. The van der Waals surface area contributed by atoms with Crippen molar-refractivity contribution in [3.63, 3.8) is 0 Å². The average molecular weight is 312 g/mol. The maximum atomic E-state index is 5.86. The fourth-order valence-corrected chi connectivity index (χ4v) is 3.27. The van der Waals surface area contributed by atoms with E-state index < -0.39 is 0 Å². The van der Waals surface area contributed by atoms with Crippen molar-refractivity contribution in [1.29, 1.82) is 0 Å². The van der Waals surface area contributed by atoms with E-state index in [9.17, 15) is 0 Å². The van der Waals surface area contributed by atoms with E-state index >= 15 is 0 Å². The van der Waals surface area contributed by atoms with Crippen molar-refractivity contribution in [3.05, 3.63) is 28.2 Å². The molecule has 1 fully saturated rings. The second-order valence-corrected chi connectivity index (χ2v) is 6.28. The van der Waals surface area contributed by atoms with Gasteiger partial charge in [-0.15, -0.1) is 0 Å². The Balaban J connectivity index is 1.92. The van der Waals surface area contributed by atoms with Gasteiger partial charge in [0.05, 0.1) is 0 Å². The molecule has 100 valence electrons. The van der Waals surface area contributed by atoms with Crippen molar-refractivity contribution in [2.24, 2.45) is 0 Å². The van der Waals surface area contributed by atoms with Gasteiger partial charge >= 0.3 is 0 Å². The first kappa shape index (κ1) is 13.8. The predicted molar refractivity (Wildman–Crippen MR) is 80.5 cm³/mol. The molecule has 1 aliphatic heterocycles. The maximum Gasteiger partial charge on any atom is 0.0328 e. The van der Waals surface area contributed by atoms with Crippen LogP contribution in [0, 0.1) is 0 Å². The molecule has 0 aliphatic carbocycles. The van der Waals surface area contributed by atoms with E-state index in [-0.39, 0.29) is 0 Å². The molecule has 0 aromatic heterocycles. The largest absolute Gasteiger partial charge is 0.399 e. The molecular formula is C14H22BrN3. The van der Waals surface area contributed by atoms with Crippen LogP contribution in [0.4, 0.5) is 5.69 Å². The van der Waals surface area contributed by atoms with Crippen LogP contribution in [0.2, 0.25) is 0 Å². The average Bonchev–Trinajstić information content (AvgIpc) is 2.62. The number of hydrogen-bond acceptors (Lipinski definition) is 3. The zero-order chi connectivity index (χ0) is 13.1. The van der Waals surface area contributed by atoms with Crippen LogP contribution in [0.5, 0.6) is 0 Å². The highest BCUT2D eigenvalue weighted by Gasteiger charge is 2.21. The molecule has 1 atom stereocenters. The molecule has 0 amide bonds. The zero-order valence-corrected chi connectivity index (χ0v) is 12.8. The van der Waals surface area contributed by atoms with Gasteiger partial charge in [0.15, 0.2) is 0 Å². The number of nitrogens with zero attached hydrogens (tertiary/aromatic N) is 2. The molecule has 1 heterocycles. The van der Waals surface area contributed by atoms with Crippen molar-refractivity contribution in [2.45, 2.75) is 25.4 Å². The van der Waals surface area contributed by atoms with Crippen molar-refractivity contribution in [3.8, 4) is 0 Å². The van der Waals surface area contributed by atoms with Crippen LogP contribution in [0.1, 0.15) is 18.4 Å². The number of rotatable bonds is 4. The van der Waals surface area contributed by atoms with Gasteiger partial charge in [-0.2, -0.15) is 0 Å². The quantitative estimate of drug-likeness (QED) is 0.867. The Labute approximate surface area is 118 Å². The van der Waals surface area contributed by atoms with Crippen LogP contribution in [0.3, 0.4) is 0 Å². The molecule has 2 rings (SSSR count). The monoisotopic (exact) mass is 311 g/mol. The van der Waals surface area contributed by atoms with E-state index in [1.54, 1.807) is 0 Å². The first-order chi connectivity index (χ1) is 8.54. The van der Waals surface area contributed by atoms with Crippen molar-refractivity contribution < 1.29 is 0 Å². The van der Waals surface area contributed by atoms with E-state index in [2.05, 4.69) is 52.0 Å². The summed E-state index contributed by atoms with van der Waals surface area (Å²) in [4.78, 5) is 4.85. The molecule has 1 unspecified atom stereocenters. The first-order valence-corrected chi connectivity index (χ1v) is 7.27. The number of nitrogen functional groups attached to an aromatic ring is 1. The minimum Gasteiger partial charge on any atom is -0.399 e. The van der Waals surface area contributed by atoms with Gasteiger partial charge in [-0.25, -0.2) is 0 Å². The number of anilines is 1. The first-order valence-electron chi connectivity index (χ1n) is 6.48. The standard InChI is InChI=1S/C14H22BrN3/c1-17(10-14-4-3-5-18(14)2)9-11-6-12(15)8-13(16)7-11/h6-8,14H,3-5,9-10,16H2,1-2H3. The summed E-state index contributed by atoms with van der Waals surface area (Å²) in [7, 11) is 4.41. The molecular weight excluding hydrogens is 290 g/mol. The van der Waals surface area contributed by atoms with E-state index in [4.69, 9.17) is 5.73 Å². The third-order valence-corrected chi connectivity index (χ3v) is 4.08. The number of hydrogen-bond donors (Lipinski definition) is 1. The fourth-order valence-electron chi connectivity index (χ4n) is 2.71. The Bertz CT molecular complexity index is 388. The minimum absolute atomic E-state index is 0.708. The van der Waals surface area contributed by atoms with Crippen molar-refractivity contribution in [2.75, 3.05) is 32.9 Å². The van der Waals surface area contributed by atoms with Gasteiger partial charge in [-0.05, 0) is 57.2 Å². The molecule has 1 aromatic rings. The van der Waals surface area contributed by atoms with Crippen LogP contribution < -0.4 is 5.73 Å². The van der Waals surface area contributed by atoms with E-state index in [0.717, 1.165) is 23.2 Å². The summed E-state index contributed by atoms with van der Waals surface area (Å²) in [6, 6.07) is 6.85. The van der Waals surface area contributed by atoms with Gasteiger partial charge in [-0.1, -0.05) is 15.9 Å². The third kappa shape index (κ3) is 3.70. The molecule has 3 nitrogen and oxygen atoms in total. The molecule has 1 saturated heterocycles. The normalized spacial score (nSPS) is 20.8. The Morgan fingerprint density at radius 1 is 1.44 bits per heavy atom. The SMILES string of the molecule is CN(Cc1cc(N)cc(Br)c1)CC1CCCN1C. The van der Waals surface area contributed by atoms with E-state index in [1.165, 1.54) is 24.9 Å². The summed E-state index contributed by atoms with van der Waals surface area (Å²) in [5.41, 5.74) is 7.96. The van der Waals surface area contributed by atoms with Crippen LogP contribution >= 0.6 is 15.9 Å². The van der Waals surface area contributed by atoms with Gasteiger partial charge in [0, 0.05) is 29.3 Å². The minimum atomic E-state index is 0.708. The zero-order valence-electron chi connectivity index (χ0n) is 11.2. The van der Waals surface area contributed by atoms with Crippen LogP contribution in [-0.4, -0.2) is 43.0 Å².